The lowest BCUT2D eigenvalue weighted by Crippen LogP contribution is -2.30. The number of aromatic nitrogens is 2. The van der Waals surface area contributed by atoms with Gasteiger partial charge in [0.25, 0.3) is 5.78 Å². The third-order valence-corrected chi connectivity index (χ3v) is 6.99. The minimum absolute atomic E-state index is 0.0544. The summed E-state index contributed by atoms with van der Waals surface area (Å²) in [6.45, 7) is 1.93. The number of aliphatic hydroxyl groups excluding tert-OH is 1. The molecular formula is C28H23Cl2N3O6. The van der Waals surface area contributed by atoms with Gasteiger partial charge >= 0.3 is 5.91 Å². The topological polar surface area (TPSA) is 114 Å². The number of methoxy groups -OCH3 is 3. The van der Waals surface area contributed by atoms with Crippen molar-refractivity contribution in [1.82, 2.24) is 9.97 Å². The monoisotopic (exact) mass is 567 g/mol. The highest BCUT2D eigenvalue weighted by atomic mass is 35.5. The van der Waals surface area contributed by atoms with E-state index in [-0.39, 0.29) is 32.9 Å². The first-order valence-electron chi connectivity index (χ1n) is 11.7. The Morgan fingerprint density at radius 3 is 2.41 bits per heavy atom. The largest absolute Gasteiger partial charge is 0.507 e. The van der Waals surface area contributed by atoms with Crippen molar-refractivity contribution in [3.63, 3.8) is 0 Å². The quantitative estimate of drug-likeness (QED) is 0.171. The predicted octanol–water partition coefficient (Wildman–Crippen LogP) is 5.83. The molecule has 1 aliphatic rings. The average Bonchev–Trinajstić information content (AvgIpc) is 3.44. The lowest BCUT2D eigenvalue weighted by atomic mass is 9.94. The number of imidazole rings is 1. The number of nitrogens with one attached hydrogen (secondary N) is 1. The van der Waals surface area contributed by atoms with Crippen molar-refractivity contribution < 1.29 is 28.9 Å². The predicted molar refractivity (Wildman–Crippen MR) is 148 cm³/mol. The standard InChI is InChI=1S/C28H23Cl2N3O6/c1-13-5-7-18-19(9-13)32-28(31-18)33-23(14-6-8-20(37-2)21(10-14)38-3)22(25(35)27(33)36)24(34)16-11-15(29)12-17(30)26(16)39-4/h5-12,23,34H,1-4H3,(H,31,32)/b24-22+. The highest BCUT2D eigenvalue weighted by Crippen LogP contribution is 2.46. The number of carbonyl (C=O) groups is 2. The van der Waals surface area contributed by atoms with Crippen LogP contribution in [0.25, 0.3) is 16.8 Å². The summed E-state index contributed by atoms with van der Waals surface area (Å²) in [5, 5.41) is 11.9. The summed E-state index contributed by atoms with van der Waals surface area (Å²) in [6.07, 6.45) is 0. The maximum absolute atomic E-state index is 13.6. The van der Waals surface area contributed by atoms with E-state index < -0.39 is 23.5 Å². The van der Waals surface area contributed by atoms with Crippen LogP contribution in [0.15, 0.2) is 54.1 Å². The molecule has 11 heteroatoms. The molecule has 1 aliphatic heterocycles. The Morgan fingerprint density at radius 1 is 0.974 bits per heavy atom. The van der Waals surface area contributed by atoms with Gasteiger partial charge in [-0.2, -0.15) is 0 Å². The molecule has 2 N–H and O–H groups in total. The minimum atomic E-state index is -1.10. The molecular weight excluding hydrogens is 545 g/mol. The van der Waals surface area contributed by atoms with E-state index in [1.807, 2.05) is 25.1 Å². The molecule has 1 unspecified atom stereocenters. The smallest absolute Gasteiger partial charge is 0.302 e. The number of hydrogen-bond acceptors (Lipinski definition) is 7. The Balaban J connectivity index is 1.80. The van der Waals surface area contributed by atoms with Crippen LogP contribution in [0.2, 0.25) is 10.0 Å². The van der Waals surface area contributed by atoms with Crippen LogP contribution in [0, 0.1) is 6.92 Å². The van der Waals surface area contributed by atoms with Crippen LogP contribution in [0.1, 0.15) is 22.7 Å². The number of fused-ring (bicyclic) bond motifs is 1. The first kappa shape index (κ1) is 26.4. The summed E-state index contributed by atoms with van der Waals surface area (Å²) < 4.78 is 16.2. The van der Waals surface area contributed by atoms with Gasteiger partial charge in [-0.25, -0.2) is 4.98 Å². The lowest BCUT2D eigenvalue weighted by molar-refractivity contribution is -0.132. The molecule has 0 spiro atoms. The van der Waals surface area contributed by atoms with E-state index in [2.05, 4.69) is 9.97 Å². The Labute approximate surface area is 233 Å². The number of Topliss-reactive ketones (excluding diaryl/α,β-unsaturated/α-hetero) is 1. The first-order valence-corrected chi connectivity index (χ1v) is 12.5. The lowest BCUT2D eigenvalue weighted by Gasteiger charge is -2.24. The molecule has 200 valence electrons. The molecule has 39 heavy (non-hydrogen) atoms. The number of aryl methyl sites for hydroxylation is 1. The van der Waals surface area contributed by atoms with Gasteiger partial charge in [-0.15, -0.1) is 0 Å². The fourth-order valence-electron chi connectivity index (χ4n) is 4.70. The van der Waals surface area contributed by atoms with Gasteiger partial charge in [-0.1, -0.05) is 35.3 Å². The number of ketones is 1. The number of anilines is 1. The number of carbonyl (C=O) groups excluding carboxylic acids is 2. The number of rotatable bonds is 6. The summed E-state index contributed by atoms with van der Waals surface area (Å²) in [5.41, 5.74) is 2.57. The van der Waals surface area contributed by atoms with Crippen LogP contribution < -0.4 is 19.1 Å². The fourth-order valence-corrected chi connectivity index (χ4v) is 5.27. The molecule has 1 saturated heterocycles. The maximum Gasteiger partial charge on any atom is 0.302 e. The van der Waals surface area contributed by atoms with Gasteiger partial charge in [0, 0.05) is 5.02 Å². The van der Waals surface area contributed by atoms with Crippen molar-refractivity contribution in [3.8, 4) is 17.2 Å². The summed E-state index contributed by atoms with van der Waals surface area (Å²) in [4.78, 5) is 36.1. The Bertz CT molecular complexity index is 1680. The molecule has 0 aliphatic carbocycles. The van der Waals surface area contributed by atoms with E-state index in [4.69, 9.17) is 37.4 Å². The molecule has 1 fully saturated rings. The Morgan fingerprint density at radius 2 is 1.72 bits per heavy atom. The van der Waals surface area contributed by atoms with Crippen LogP contribution >= 0.6 is 23.2 Å². The Kier molecular flexibility index (Phi) is 6.88. The molecule has 1 amide bonds. The zero-order chi connectivity index (χ0) is 28.0. The van der Waals surface area contributed by atoms with Crippen molar-refractivity contribution in [2.45, 2.75) is 13.0 Å². The van der Waals surface area contributed by atoms with Gasteiger partial charge in [0.05, 0.1) is 54.6 Å². The fraction of sp³-hybridized carbons (Fsp3) is 0.179. The number of amides is 1. The number of ether oxygens (including phenoxy) is 3. The number of hydrogen-bond donors (Lipinski definition) is 2. The van der Waals surface area contributed by atoms with Crippen LogP contribution in [-0.2, 0) is 9.59 Å². The number of aromatic amines is 1. The number of H-pyrrole nitrogens is 1. The van der Waals surface area contributed by atoms with Gasteiger partial charge in [0.1, 0.15) is 11.5 Å². The van der Waals surface area contributed by atoms with Gasteiger partial charge in [-0.3, -0.25) is 14.5 Å². The number of benzene rings is 3. The van der Waals surface area contributed by atoms with E-state index in [9.17, 15) is 14.7 Å². The first-order chi connectivity index (χ1) is 18.7. The van der Waals surface area contributed by atoms with Gasteiger partial charge in [-0.05, 0) is 54.4 Å². The highest BCUT2D eigenvalue weighted by Gasteiger charge is 2.48. The van der Waals surface area contributed by atoms with Crippen LogP contribution in [-0.4, -0.2) is 48.1 Å². The number of nitrogens with zero attached hydrogens (tertiary/aromatic N) is 2. The van der Waals surface area contributed by atoms with E-state index in [0.717, 1.165) is 5.56 Å². The number of halogens is 2. The normalized spacial score (nSPS) is 16.7. The highest BCUT2D eigenvalue weighted by molar-refractivity contribution is 6.51. The van der Waals surface area contributed by atoms with Gasteiger partial charge in [0.2, 0.25) is 5.95 Å². The SMILES string of the molecule is COc1ccc(C2/C(=C(\O)c3cc(Cl)cc(Cl)c3OC)C(=O)C(=O)N2c2nc3ccc(C)cc3[nH]2)cc1OC. The summed E-state index contributed by atoms with van der Waals surface area (Å²) in [6, 6.07) is 12.3. The molecule has 4 aromatic rings. The van der Waals surface area contributed by atoms with E-state index in [1.54, 1.807) is 18.2 Å². The van der Waals surface area contributed by atoms with Crippen LogP contribution in [0.5, 0.6) is 17.2 Å². The molecule has 5 rings (SSSR count). The second-order valence-electron chi connectivity index (χ2n) is 8.83. The second-order valence-corrected chi connectivity index (χ2v) is 9.68. The van der Waals surface area contributed by atoms with Crippen LogP contribution in [0.4, 0.5) is 5.95 Å². The molecule has 0 saturated carbocycles. The summed E-state index contributed by atoms with van der Waals surface area (Å²) in [5.74, 6) is -1.29. The molecule has 9 nitrogen and oxygen atoms in total. The van der Waals surface area contributed by atoms with Crippen molar-refractivity contribution >= 4 is 57.6 Å². The molecule has 3 aromatic carbocycles. The zero-order valence-electron chi connectivity index (χ0n) is 21.3. The van der Waals surface area contributed by atoms with E-state index in [1.165, 1.54) is 38.4 Å². The molecule has 2 heterocycles. The zero-order valence-corrected chi connectivity index (χ0v) is 22.8. The second kappa shape index (κ2) is 10.2. The Hall–Kier alpha value is -4.21. The third-order valence-electron chi connectivity index (χ3n) is 6.49. The average molecular weight is 568 g/mol. The molecule has 0 radical (unpaired) electrons. The van der Waals surface area contributed by atoms with Gasteiger partial charge in [0.15, 0.2) is 11.5 Å². The van der Waals surface area contributed by atoms with E-state index >= 15 is 0 Å². The summed E-state index contributed by atoms with van der Waals surface area (Å²) >= 11 is 12.5. The molecule has 1 atom stereocenters. The van der Waals surface area contributed by atoms with Crippen molar-refractivity contribution in [1.29, 1.82) is 0 Å². The van der Waals surface area contributed by atoms with Crippen molar-refractivity contribution in [3.05, 3.63) is 80.8 Å². The molecule has 1 aromatic heterocycles. The minimum Gasteiger partial charge on any atom is -0.507 e. The van der Waals surface area contributed by atoms with E-state index in [0.29, 0.717) is 28.1 Å². The van der Waals surface area contributed by atoms with Crippen molar-refractivity contribution in [2.75, 3.05) is 26.2 Å². The third kappa shape index (κ3) is 4.43. The summed E-state index contributed by atoms with van der Waals surface area (Å²) in [7, 11) is 4.33. The number of aliphatic hydroxyl groups is 1. The van der Waals surface area contributed by atoms with Gasteiger partial charge < -0.3 is 24.3 Å². The van der Waals surface area contributed by atoms with Crippen molar-refractivity contribution in [2.24, 2.45) is 0 Å². The maximum atomic E-state index is 13.6. The molecule has 0 bridgehead atoms. The van der Waals surface area contributed by atoms with Crippen LogP contribution in [0.3, 0.4) is 0 Å².